The summed E-state index contributed by atoms with van der Waals surface area (Å²) in [6.07, 6.45) is 0. The molecule has 1 aromatic heterocycles. The van der Waals surface area contributed by atoms with Gasteiger partial charge in [-0.05, 0) is 24.3 Å². The Kier molecular flexibility index (Phi) is 4.93. The van der Waals surface area contributed by atoms with Gasteiger partial charge in [-0.15, -0.1) is 0 Å². The second-order valence-electron chi connectivity index (χ2n) is 6.28. The first kappa shape index (κ1) is 17.0. The third-order valence-corrected chi connectivity index (χ3v) is 4.55. The Balaban J connectivity index is 1.42. The molecule has 6 heteroatoms. The quantitative estimate of drug-likeness (QED) is 0.694. The average molecular weight is 360 g/mol. The van der Waals surface area contributed by atoms with E-state index in [1.54, 1.807) is 0 Å². The first-order valence-electron chi connectivity index (χ1n) is 8.96. The van der Waals surface area contributed by atoms with Crippen LogP contribution in [0.3, 0.4) is 0 Å². The highest BCUT2D eigenvalue weighted by atomic mass is 16.5. The predicted octanol–water partition coefficient (Wildman–Crippen LogP) is 3.45. The molecule has 2 heterocycles. The lowest BCUT2D eigenvalue weighted by molar-refractivity contribution is 0.263. The summed E-state index contributed by atoms with van der Waals surface area (Å²) >= 11 is 0. The lowest BCUT2D eigenvalue weighted by atomic mass is 10.2. The van der Waals surface area contributed by atoms with Crippen LogP contribution in [0.25, 0.3) is 0 Å². The summed E-state index contributed by atoms with van der Waals surface area (Å²) in [6, 6.07) is 22.0. The molecule has 1 aliphatic heterocycles. The van der Waals surface area contributed by atoms with Crippen LogP contribution in [0, 0.1) is 11.3 Å². The zero-order chi connectivity index (χ0) is 18.5. The summed E-state index contributed by atoms with van der Waals surface area (Å²) in [5.74, 6) is 1.69. The molecule has 1 fully saturated rings. The summed E-state index contributed by atoms with van der Waals surface area (Å²) in [6.45, 7) is 3.48. The molecule has 2 aromatic carbocycles. The van der Waals surface area contributed by atoms with Crippen molar-refractivity contribution >= 4 is 11.6 Å². The van der Waals surface area contributed by atoms with E-state index in [9.17, 15) is 5.26 Å². The lowest BCUT2D eigenvalue weighted by Crippen LogP contribution is -2.46. The van der Waals surface area contributed by atoms with Gasteiger partial charge in [0.05, 0.1) is 0 Å². The van der Waals surface area contributed by atoms with Crippen LogP contribution >= 0.6 is 0 Å². The van der Waals surface area contributed by atoms with Gasteiger partial charge in [0.15, 0.2) is 6.61 Å². The van der Waals surface area contributed by atoms with Gasteiger partial charge in [0, 0.05) is 31.9 Å². The molecule has 6 nitrogen and oxygen atoms in total. The summed E-state index contributed by atoms with van der Waals surface area (Å²) in [7, 11) is 0. The van der Waals surface area contributed by atoms with Gasteiger partial charge in [-0.25, -0.2) is 0 Å². The topological polar surface area (TPSA) is 65.5 Å². The van der Waals surface area contributed by atoms with Crippen LogP contribution in [-0.4, -0.2) is 31.2 Å². The third kappa shape index (κ3) is 3.87. The van der Waals surface area contributed by atoms with E-state index in [0.717, 1.165) is 31.9 Å². The van der Waals surface area contributed by atoms with Crippen molar-refractivity contribution < 1.29 is 9.15 Å². The van der Waals surface area contributed by atoms with Gasteiger partial charge in [0.1, 0.15) is 11.8 Å². The number of hydrogen-bond acceptors (Lipinski definition) is 6. The van der Waals surface area contributed by atoms with Crippen LogP contribution < -0.4 is 14.5 Å². The maximum Gasteiger partial charge on any atom is 0.236 e. The van der Waals surface area contributed by atoms with Gasteiger partial charge in [-0.1, -0.05) is 36.4 Å². The number of oxazole rings is 1. The van der Waals surface area contributed by atoms with Crippen molar-refractivity contribution in [2.75, 3.05) is 36.0 Å². The fourth-order valence-electron chi connectivity index (χ4n) is 3.17. The molecule has 0 saturated carbocycles. The molecule has 0 atom stereocenters. The van der Waals surface area contributed by atoms with E-state index in [1.165, 1.54) is 5.69 Å². The molecule has 27 heavy (non-hydrogen) atoms. The standard InChI is InChI=1S/C21H20N4O2/c22-15-19-21(27-20(23-19)16-26-18-9-5-2-6-10-18)25-13-11-24(12-14-25)17-7-3-1-4-8-17/h1-10H,11-14,16H2. The summed E-state index contributed by atoms with van der Waals surface area (Å²) < 4.78 is 11.5. The number of rotatable bonds is 5. The second-order valence-corrected chi connectivity index (χ2v) is 6.28. The van der Waals surface area contributed by atoms with Crippen molar-refractivity contribution in [3.05, 3.63) is 72.2 Å². The molecule has 0 bridgehead atoms. The number of ether oxygens (including phenoxy) is 1. The van der Waals surface area contributed by atoms with Gasteiger partial charge < -0.3 is 19.0 Å². The zero-order valence-electron chi connectivity index (χ0n) is 14.9. The number of para-hydroxylation sites is 2. The Morgan fingerprint density at radius 2 is 1.56 bits per heavy atom. The minimum Gasteiger partial charge on any atom is -0.484 e. The van der Waals surface area contributed by atoms with Gasteiger partial charge in [-0.3, -0.25) is 0 Å². The van der Waals surface area contributed by atoms with Crippen LogP contribution in [0.4, 0.5) is 11.6 Å². The Bertz CT molecular complexity index is 910. The molecule has 136 valence electrons. The minimum atomic E-state index is 0.197. The number of nitrogens with zero attached hydrogens (tertiary/aromatic N) is 4. The number of aromatic nitrogens is 1. The minimum absolute atomic E-state index is 0.197. The Hall–Kier alpha value is -3.46. The maximum atomic E-state index is 9.43. The SMILES string of the molecule is N#Cc1nc(COc2ccccc2)oc1N1CCN(c2ccccc2)CC1. The molecule has 1 saturated heterocycles. The fraction of sp³-hybridized carbons (Fsp3) is 0.238. The van der Waals surface area contributed by atoms with Crippen molar-refractivity contribution in [3.8, 4) is 11.8 Å². The molecule has 1 aliphatic rings. The number of piperazine rings is 1. The number of anilines is 2. The van der Waals surface area contributed by atoms with E-state index >= 15 is 0 Å². The van der Waals surface area contributed by atoms with Gasteiger partial charge >= 0.3 is 0 Å². The molecule has 0 aliphatic carbocycles. The zero-order valence-corrected chi connectivity index (χ0v) is 14.9. The predicted molar refractivity (Wildman–Crippen MR) is 103 cm³/mol. The molecule has 0 N–H and O–H groups in total. The van der Waals surface area contributed by atoms with Crippen molar-refractivity contribution in [2.24, 2.45) is 0 Å². The third-order valence-electron chi connectivity index (χ3n) is 4.55. The van der Waals surface area contributed by atoms with Gasteiger partial charge in [0.25, 0.3) is 0 Å². The molecule has 3 aromatic rings. The number of hydrogen-bond donors (Lipinski definition) is 0. The molecule has 4 rings (SSSR count). The van der Waals surface area contributed by atoms with E-state index in [2.05, 4.69) is 33.0 Å². The first-order chi connectivity index (χ1) is 13.3. The summed E-state index contributed by atoms with van der Waals surface area (Å²) in [5.41, 5.74) is 1.53. The lowest BCUT2D eigenvalue weighted by Gasteiger charge is -2.35. The largest absolute Gasteiger partial charge is 0.484 e. The molecular formula is C21H20N4O2. The number of nitriles is 1. The monoisotopic (exact) mass is 360 g/mol. The fourth-order valence-corrected chi connectivity index (χ4v) is 3.17. The van der Waals surface area contributed by atoms with Crippen molar-refractivity contribution in [2.45, 2.75) is 6.61 Å². The Morgan fingerprint density at radius 1 is 0.926 bits per heavy atom. The summed E-state index contributed by atoms with van der Waals surface area (Å²) in [5, 5.41) is 9.43. The van der Waals surface area contributed by atoms with Crippen LogP contribution in [0.15, 0.2) is 65.1 Å². The Labute approximate surface area is 158 Å². The van der Waals surface area contributed by atoms with E-state index in [1.807, 2.05) is 48.5 Å². The molecule has 0 amide bonds. The van der Waals surface area contributed by atoms with Crippen LogP contribution in [-0.2, 0) is 6.61 Å². The van der Waals surface area contributed by atoms with E-state index in [4.69, 9.17) is 9.15 Å². The highest BCUT2D eigenvalue weighted by Crippen LogP contribution is 2.25. The highest BCUT2D eigenvalue weighted by Gasteiger charge is 2.24. The average Bonchev–Trinajstić information content (AvgIpc) is 3.17. The summed E-state index contributed by atoms with van der Waals surface area (Å²) in [4.78, 5) is 8.70. The van der Waals surface area contributed by atoms with E-state index in [0.29, 0.717) is 17.5 Å². The number of benzene rings is 2. The van der Waals surface area contributed by atoms with Crippen LogP contribution in [0.5, 0.6) is 5.75 Å². The first-order valence-corrected chi connectivity index (χ1v) is 8.96. The van der Waals surface area contributed by atoms with Crippen LogP contribution in [0.1, 0.15) is 11.6 Å². The van der Waals surface area contributed by atoms with Crippen molar-refractivity contribution in [1.82, 2.24) is 4.98 Å². The normalized spacial score (nSPS) is 14.0. The second kappa shape index (κ2) is 7.83. The van der Waals surface area contributed by atoms with Gasteiger partial charge in [-0.2, -0.15) is 10.2 Å². The van der Waals surface area contributed by atoms with Crippen molar-refractivity contribution in [3.63, 3.8) is 0 Å². The molecule has 0 unspecified atom stereocenters. The molecule has 0 radical (unpaired) electrons. The smallest absolute Gasteiger partial charge is 0.236 e. The van der Waals surface area contributed by atoms with E-state index in [-0.39, 0.29) is 6.61 Å². The van der Waals surface area contributed by atoms with Crippen molar-refractivity contribution in [1.29, 1.82) is 5.26 Å². The van der Waals surface area contributed by atoms with E-state index < -0.39 is 0 Å². The highest BCUT2D eigenvalue weighted by molar-refractivity contribution is 5.52. The molecular weight excluding hydrogens is 340 g/mol. The van der Waals surface area contributed by atoms with Gasteiger partial charge in [0.2, 0.25) is 17.5 Å². The maximum absolute atomic E-state index is 9.43. The van der Waals surface area contributed by atoms with Crippen LogP contribution in [0.2, 0.25) is 0 Å². The Morgan fingerprint density at radius 3 is 2.22 bits per heavy atom. The molecule has 0 spiro atoms.